The molecule has 0 N–H and O–H groups in total. The van der Waals surface area contributed by atoms with Crippen LogP contribution in [0.25, 0.3) is 0 Å². The number of hydrogen-bond acceptors (Lipinski definition) is 4. The fraction of sp³-hybridized carbons (Fsp3) is 0.444. The third-order valence-corrected chi connectivity index (χ3v) is 4.46. The monoisotopic (exact) mass is 329 g/mol. The van der Waals surface area contributed by atoms with Crippen molar-refractivity contribution in [2.24, 2.45) is 7.05 Å². The minimum Gasteiger partial charge on any atom is -0.497 e. The van der Waals surface area contributed by atoms with Gasteiger partial charge in [-0.3, -0.25) is 9.48 Å². The van der Waals surface area contributed by atoms with Crippen molar-refractivity contribution in [3.63, 3.8) is 0 Å². The van der Waals surface area contributed by atoms with Crippen LogP contribution in [-0.4, -0.2) is 47.4 Å². The number of aromatic nitrogens is 2. The molecule has 2 heterocycles. The molecule has 1 aromatic carbocycles. The molecule has 2 unspecified atom stereocenters. The average molecular weight is 329 g/mol. The predicted octanol–water partition coefficient (Wildman–Crippen LogP) is 2.13. The van der Waals surface area contributed by atoms with Crippen molar-refractivity contribution in [2.75, 3.05) is 26.8 Å². The number of carbonyl (C=O) groups is 1. The summed E-state index contributed by atoms with van der Waals surface area (Å²) in [4.78, 5) is 14.7. The molecule has 0 radical (unpaired) electrons. The van der Waals surface area contributed by atoms with Gasteiger partial charge >= 0.3 is 0 Å². The van der Waals surface area contributed by atoms with Crippen LogP contribution >= 0.6 is 0 Å². The maximum absolute atomic E-state index is 12.9. The molecule has 1 fully saturated rings. The normalized spacial score (nSPS) is 19.1. The first-order valence-electron chi connectivity index (χ1n) is 8.11. The Hall–Kier alpha value is -2.34. The van der Waals surface area contributed by atoms with Crippen molar-refractivity contribution in [2.45, 2.75) is 18.9 Å². The van der Waals surface area contributed by atoms with Crippen LogP contribution in [0.5, 0.6) is 5.75 Å². The Labute approximate surface area is 142 Å². The SMILES string of the molecule is COc1ccc(C(C)C(=O)N2CCOC(c3cnn(C)c3)C2)cc1. The summed E-state index contributed by atoms with van der Waals surface area (Å²) in [5.74, 6) is 0.724. The Balaban J connectivity index is 1.69. The van der Waals surface area contributed by atoms with Crippen LogP contribution < -0.4 is 4.74 Å². The van der Waals surface area contributed by atoms with E-state index in [9.17, 15) is 4.79 Å². The lowest BCUT2D eigenvalue weighted by Crippen LogP contribution is -2.43. The topological polar surface area (TPSA) is 56.6 Å². The lowest BCUT2D eigenvalue weighted by atomic mass is 9.99. The average Bonchev–Trinajstić information content (AvgIpc) is 3.07. The lowest BCUT2D eigenvalue weighted by molar-refractivity contribution is -0.140. The summed E-state index contributed by atoms with van der Waals surface area (Å²) in [5.41, 5.74) is 2.00. The molecule has 6 nitrogen and oxygen atoms in total. The van der Waals surface area contributed by atoms with E-state index < -0.39 is 0 Å². The first-order valence-corrected chi connectivity index (χ1v) is 8.11. The summed E-state index contributed by atoms with van der Waals surface area (Å²) in [6.07, 6.45) is 3.62. The van der Waals surface area contributed by atoms with Crippen molar-refractivity contribution >= 4 is 5.91 Å². The van der Waals surface area contributed by atoms with Gasteiger partial charge in [-0.2, -0.15) is 5.10 Å². The van der Waals surface area contributed by atoms with Gasteiger partial charge in [0, 0.05) is 25.4 Å². The van der Waals surface area contributed by atoms with Crippen LogP contribution in [0.15, 0.2) is 36.7 Å². The Kier molecular flexibility index (Phi) is 4.85. The smallest absolute Gasteiger partial charge is 0.230 e. The molecule has 1 aliphatic rings. The highest BCUT2D eigenvalue weighted by Crippen LogP contribution is 2.26. The predicted molar refractivity (Wildman–Crippen MR) is 89.9 cm³/mol. The molecule has 1 aromatic heterocycles. The van der Waals surface area contributed by atoms with Gasteiger partial charge in [0.1, 0.15) is 11.9 Å². The van der Waals surface area contributed by atoms with Crippen LogP contribution in [0.3, 0.4) is 0 Å². The number of morpholine rings is 1. The summed E-state index contributed by atoms with van der Waals surface area (Å²) >= 11 is 0. The van der Waals surface area contributed by atoms with Crippen molar-refractivity contribution in [1.82, 2.24) is 14.7 Å². The van der Waals surface area contributed by atoms with Crippen LogP contribution in [0.1, 0.15) is 30.1 Å². The zero-order valence-electron chi connectivity index (χ0n) is 14.3. The van der Waals surface area contributed by atoms with Crippen LogP contribution in [0.4, 0.5) is 0 Å². The summed E-state index contributed by atoms with van der Waals surface area (Å²) in [7, 11) is 3.51. The van der Waals surface area contributed by atoms with Gasteiger partial charge in [0.25, 0.3) is 0 Å². The van der Waals surface area contributed by atoms with Gasteiger partial charge in [0.2, 0.25) is 5.91 Å². The third-order valence-electron chi connectivity index (χ3n) is 4.46. The second kappa shape index (κ2) is 7.05. The zero-order valence-corrected chi connectivity index (χ0v) is 14.3. The van der Waals surface area contributed by atoms with Crippen LogP contribution in [0, 0.1) is 0 Å². The highest BCUT2D eigenvalue weighted by molar-refractivity contribution is 5.83. The van der Waals surface area contributed by atoms with E-state index in [1.807, 2.05) is 49.3 Å². The van der Waals surface area contributed by atoms with E-state index in [1.165, 1.54) is 0 Å². The van der Waals surface area contributed by atoms with Gasteiger partial charge < -0.3 is 14.4 Å². The van der Waals surface area contributed by atoms with Gasteiger partial charge in [-0.25, -0.2) is 0 Å². The molecule has 1 aliphatic heterocycles. The van der Waals surface area contributed by atoms with E-state index in [1.54, 1.807) is 18.0 Å². The van der Waals surface area contributed by atoms with Crippen molar-refractivity contribution < 1.29 is 14.3 Å². The van der Waals surface area contributed by atoms with Gasteiger partial charge in [-0.1, -0.05) is 12.1 Å². The molecule has 0 spiro atoms. The highest BCUT2D eigenvalue weighted by atomic mass is 16.5. The molecule has 3 rings (SSSR count). The minimum absolute atomic E-state index is 0.112. The number of hydrogen-bond donors (Lipinski definition) is 0. The Morgan fingerprint density at radius 1 is 1.38 bits per heavy atom. The molecule has 2 aromatic rings. The van der Waals surface area contributed by atoms with Gasteiger partial charge in [-0.05, 0) is 24.6 Å². The second-order valence-electron chi connectivity index (χ2n) is 6.09. The molecular formula is C18H23N3O3. The molecule has 0 aliphatic carbocycles. The van der Waals surface area contributed by atoms with E-state index in [0.29, 0.717) is 19.7 Å². The van der Waals surface area contributed by atoms with Gasteiger partial charge in [0.15, 0.2) is 0 Å². The van der Waals surface area contributed by atoms with Crippen molar-refractivity contribution in [3.05, 3.63) is 47.8 Å². The quantitative estimate of drug-likeness (QED) is 0.862. The number of methoxy groups -OCH3 is 1. The molecule has 1 saturated heterocycles. The fourth-order valence-corrected chi connectivity index (χ4v) is 2.97. The highest BCUT2D eigenvalue weighted by Gasteiger charge is 2.29. The molecule has 0 saturated carbocycles. The Bertz CT molecular complexity index is 696. The maximum Gasteiger partial charge on any atom is 0.230 e. The number of ether oxygens (including phenoxy) is 2. The number of nitrogens with zero attached hydrogens (tertiary/aromatic N) is 3. The molecular weight excluding hydrogens is 306 g/mol. The van der Waals surface area contributed by atoms with E-state index in [0.717, 1.165) is 16.9 Å². The fourth-order valence-electron chi connectivity index (χ4n) is 2.97. The minimum atomic E-state index is -0.191. The Morgan fingerprint density at radius 2 is 2.12 bits per heavy atom. The summed E-state index contributed by atoms with van der Waals surface area (Å²) in [6.45, 7) is 3.67. The third kappa shape index (κ3) is 3.43. The van der Waals surface area contributed by atoms with Gasteiger partial charge in [0.05, 0.1) is 32.4 Å². The summed E-state index contributed by atoms with van der Waals surface area (Å²) in [5, 5.41) is 4.18. The van der Waals surface area contributed by atoms with Crippen molar-refractivity contribution in [1.29, 1.82) is 0 Å². The molecule has 2 atom stereocenters. The number of amides is 1. The van der Waals surface area contributed by atoms with Crippen LogP contribution in [-0.2, 0) is 16.6 Å². The first-order chi connectivity index (χ1) is 11.6. The lowest BCUT2D eigenvalue weighted by Gasteiger charge is -2.34. The van der Waals surface area contributed by atoms with E-state index in [4.69, 9.17) is 9.47 Å². The van der Waals surface area contributed by atoms with E-state index >= 15 is 0 Å². The zero-order chi connectivity index (χ0) is 17.1. The molecule has 1 amide bonds. The molecule has 128 valence electrons. The van der Waals surface area contributed by atoms with E-state index in [-0.39, 0.29) is 17.9 Å². The summed E-state index contributed by atoms with van der Waals surface area (Å²) in [6, 6.07) is 7.66. The summed E-state index contributed by atoms with van der Waals surface area (Å²) < 4.78 is 12.7. The molecule has 0 bridgehead atoms. The number of benzene rings is 1. The maximum atomic E-state index is 12.9. The van der Waals surface area contributed by atoms with Crippen molar-refractivity contribution in [3.8, 4) is 5.75 Å². The second-order valence-corrected chi connectivity index (χ2v) is 6.09. The van der Waals surface area contributed by atoms with Crippen LogP contribution in [0.2, 0.25) is 0 Å². The first kappa shape index (κ1) is 16.5. The standard InChI is InChI=1S/C18H23N3O3/c1-13(14-4-6-16(23-3)7-5-14)18(22)21-8-9-24-17(12-21)15-10-19-20(2)11-15/h4-7,10-11,13,17H,8-9,12H2,1-3H3. The molecule has 6 heteroatoms. The number of carbonyl (C=O) groups excluding carboxylic acids is 1. The Morgan fingerprint density at radius 3 is 2.75 bits per heavy atom. The van der Waals surface area contributed by atoms with E-state index in [2.05, 4.69) is 5.10 Å². The number of rotatable bonds is 4. The molecule has 24 heavy (non-hydrogen) atoms. The van der Waals surface area contributed by atoms with Gasteiger partial charge in [-0.15, -0.1) is 0 Å². The number of aryl methyl sites for hydroxylation is 1. The largest absolute Gasteiger partial charge is 0.497 e.